The zero-order valence-corrected chi connectivity index (χ0v) is 20.8. The van der Waals surface area contributed by atoms with Gasteiger partial charge < -0.3 is 4.74 Å². The van der Waals surface area contributed by atoms with Crippen LogP contribution in [0.15, 0.2) is 96.5 Å². The molecule has 1 fully saturated rings. The normalized spacial score (nSPS) is 21.6. The van der Waals surface area contributed by atoms with Gasteiger partial charge in [0, 0.05) is 24.4 Å². The summed E-state index contributed by atoms with van der Waals surface area (Å²) in [5.74, 6) is 1.70. The first kappa shape index (κ1) is 21.6. The number of hydrogen-bond donors (Lipinski definition) is 0. The molecule has 4 aromatic carbocycles. The van der Waals surface area contributed by atoms with Gasteiger partial charge in [-0.3, -0.25) is 4.99 Å². The van der Waals surface area contributed by atoms with E-state index in [4.69, 9.17) is 9.73 Å². The van der Waals surface area contributed by atoms with Gasteiger partial charge in [-0.1, -0.05) is 85.8 Å². The molecule has 1 aliphatic heterocycles. The van der Waals surface area contributed by atoms with Crippen LogP contribution in [0, 0.1) is 11.3 Å². The van der Waals surface area contributed by atoms with E-state index in [1.54, 1.807) is 0 Å². The van der Waals surface area contributed by atoms with Crippen molar-refractivity contribution in [3.8, 4) is 16.9 Å². The van der Waals surface area contributed by atoms with E-state index in [0.717, 1.165) is 42.0 Å². The molecular formula is C34H31NO. The number of allylic oxidation sites excluding steroid dienone is 1. The minimum atomic E-state index is -0.413. The Labute approximate surface area is 213 Å². The van der Waals surface area contributed by atoms with Gasteiger partial charge in [0.15, 0.2) is 11.4 Å². The van der Waals surface area contributed by atoms with E-state index in [1.165, 1.54) is 46.0 Å². The zero-order chi connectivity index (χ0) is 24.3. The van der Waals surface area contributed by atoms with Crippen molar-refractivity contribution in [2.75, 3.05) is 0 Å². The van der Waals surface area contributed by atoms with Gasteiger partial charge in [-0.25, -0.2) is 0 Å². The third kappa shape index (κ3) is 3.51. The van der Waals surface area contributed by atoms with Gasteiger partial charge in [-0.05, 0) is 69.9 Å². The third-order valence-electron chi connectivity index (χ3n) is 8.62. The van der Waals surface area contributed by atoms with Gasteiger partial charge in [-0.2, -0.15) is 0 Å². The summed E-state index contributed by atoms with van der Waals surface area (Å²) in [6.45, 7) is 6.54. The van der Waals surface area contributed by atoms with Crippen LogP contribution in [0.5, 0.6) is 5.75 Å². The first-order chi connectivity index (χ1) is 17.6. The second kappa shape index (κ2) is 7.93. The Balaban J connectivity index is 1.23. The van der Waals surface area contributed by atoms with E-state index >= 15 is 0 Å². The summed E-state index contributed by atoms with van der Waals surface area (Å²) >= 11 is 0. The molecule has 2 heteroatoms. The fourth-order valence-electron chi connectivity index (χ4n) is 6.37. The smallest absolute Gasteiger partial charge is 0.154 e. The Bertz CT molecular complexity index is 1530. The highest BCUT2D eigenvalue weighted by Gasteiger charge is 2.42. The van der Waals surface area contributed by atoms with Crippen LogP contribution in [0.2, 0.25) is 0 Å². The van der Waals surface area contributed by atoms with E-state index in [1.807, 2.05) is 0 Å². The summed E-state index contributed by atoms with van der Waals surface area (Å²) in [7, 11) is 0. The van der Waals surface area contributed by atoms with E-state index < -0.39 is 5.60 Å². The van der Waals surface area contributed by atoms with Crippen LogP contribution < -0.4 is 4.74 Å². The molecule has 2 unspecified atom stereocenters. The molecule has 0 saturated heterocycles. The second-order valence-corrected chi connectivity index (χ2v) is 11.2. The molecule has 0 aromatic heterocycles. The molecule has 7 rings (SSSR count). The number of nitrogens with zero attached hydrogens (tertiary/aromatic N) is 1. The average Bonchev–Trinajstić information content (AvgIpc) is 3.72. The van der Waals surface area contributed by atoms with Crippen molar-refractivity contribution in [3.05, 3.63) is 108 Å². The standard InChI is InChI=1S/C34H31NO/c1-3-33(2,27-15-16-27)19-23-13-14-25-20-34(21-26(25)17-23)22-35-31-18-30(24-9-5-4-6-10-24)28-11-7-8-12-29(28)32(31)36-34/h3-14,17-18,22,27H,1,15-16,19-21H2,2H3. The average molecular weight is 470 g/mol. The lowest BCUT2D eigenvalue weighted by atomic mass is 9.79. The topological polar surface area (TPSA) is 21.6 Å². The van der Waals surface area contributed by atoms with Gasteiger partial charge in [-0.15, -0.1) is 6.58 Å². The predicted molar refractivity (Wildman–Crippen MR) is 149 cm³/mol. The van der Waals surface area contributed by atoms with Crippen LogP contribution in [-0.4, -0.2) is 11.8 Å². The molecule has 1 spiro atoms. The number of fused-ring (bicyclic) bond motifs is 4. The van der Waals surface area contributed by atoms with Crippen molar-refractivity contribution in [2.24, 2.45) is 16.3 Å². The Kier molecular flexibility index (Phi) is 4.76. The molecule has 1 heterocycles. The Morgan fingerprint density at radius 1 is 0.944 bits per heavy atom. The predicted octanol–water partition coefficient (Wildman–Crippen LogP) is 8.28. The van der Waals surface area contributed by atoms with Crippen molar-refractivity contribution in [3.63, 3.8) is 0 Å². The largest absolute Gasteiger partial charge is 0.478 e. The fraction of sp³-hybridized carbons (Fsp3) is 0.265. The van der Waals surface area contributed by atoms with E-state index in [2.05, 4.69) is 105 Å². The quantitative estimate of drug-likeness (QED) is 0.269. The lowest BCUT2D eigenvalue weighted by Gasteiger charge is -2.31. The fourth-order valence-corrected chi connectivity index (χ4v) is 6.37. The van der Waals surface area contributed by atoms with Crippen LogP contribution in [-0.2, 0) is 19.3 Å². The lowest BCUT2D eigenvalue weighted by Crippen LogP contribution is -2.40. The molecule has 1 saturated carbocycles. The Morgan fingerprint density at radius 3 is 2.47 bits per heavy atom. The monoisotopic (exact) mass is 469 g/mol. The molecule has 2 aliphatic carbocycles. The number of aliphatic imine (C=N–C) groups is 1. The van der Waals surface area contributed by atoms with Crippen LogP contribution in [0.3, 0.4) is 0 Å². The minimum Gasteiger partial charge on any atom is -0.478 e. The van der Waals surface area contributed by atoms with Crippen molar-refractivity contribution in [1.29, 1.82) is 0 Å². The highest BCUT2D eigenvalue weighted by Crippen LogP contribution is 2.49. The molecule has 3 aliphatic rings. The second-order valence-electron chi connectivity index (χ2n) is 11.2. The van der Waals surface area contributed by atoms with E-state index in [-0.39, 0.29) is 5.41 Å². The lowest BCUT2D eigenvalue weighted by molar-refractivity contribution is 0.157. The van der Waals surface area contributed by atoms with Crippen molar-refractivity contribution in [1.82, 2.24) is 0 Å². The molecule has 2 atom stereocenters. The maximum absolute atomic E-state index is 6.91. The van der Waals surface area contributed by atoms with Gasteiger partial charge in [0.05, 0.1) is 0 Å². The molecule has 0 bridgehead atoms. The third-order valence-corrected chi connectivity index (χ3v) is 8.62. The van der Waals surface area contributed by atoms with Crippen LogP contribution >= 0.6 is 0 Å². The molecule has 4 aromatic rings. The summed E-state index contributed by atoms with van der Waals surface area (Å²) in [5, 5.41) is 2.34. The van der Waals surface area contributed by atoms with Gasteiger partial charge in [0.1, 0.15) is 5.69 Å². The van der Waals surface area contributed by atoms with Crippen LogP contribution in [0.25, 0.3) is 21.9 Å². The van der Waals surface area contributed by atoms with E-state index in [0.29, 0.717) is 0 Å². The summed E-state index contributed by atoms with van der Waals surface area (Å²) < 4.78 is 6.91. The molecule has 178 valence electrons. The summed E-state index contributed by atoms with van der Waals surface area (Å²) in [6, 6.07) is 28.4. The van der Waals surface area contributed by atoms with Crippen LogP contribution in [0.1, 0.15) is 36.5 Å². The SMILES string of the molecule is C=CC(C)(Cc1ccc2c(c1)CC1(C=Nc3cc(-c4ccccc4)c4ccccc4c3O1)C2)C1CC1. The summed E-state index contributed by atoms with van der Waals surface area (Å²) in [6.07, 6.45) is 9.70. The van der Waals surface area contributed by atoms with Gasteiger partial charge in [0.2, 0.25) is 0 Å². The maximum atomic E-state index is 6.91. The molecule has 0 radical (unpaired) electrons. The maximum Gasteiger partial charge on any atom is 0.154 e. The van der Waals surface area contributed by atoms with Gasteiger partial charge >= 0.3 is 0 Å². The summed E-state index contributed by atoms with van der Waals surface area (Å²) in [5.41, 5.74) is 7.28. The number of ether oxygens (including phenoxy) is 1. The van der Waals surface area contributed by atoms with Gasteiger partial charge in [0.25, 0.3) is 0 Å². The zero-order valence-electron chi connectivity index (χ0n) is 20.8. The minimum absolute atomic E-state index is 0.196. The first-order valence-electron chi connectivity index (χ1n) is 13.2. The number of hydrogen-bond acceptors (Lipinski definition) is 2. The molecule has 2 nitrogen and oxygen atoms in total. The van der Waals surface area contributed by atoms with E-state index in [9.17, 15) is 0 Å². The Hall–Kier alpha value is -3.65. The first-order valence-corrected chi connectivity index (χ1v) is 13.2. The number of rotatable bonds is 5. The van der Waals surface area contributed by atoms with Crippen molar-refractivity contribution < 1.29 is 4.74 Å². The van der Waals surface area contributed by atoms with Crippen LogP contribution in [0.4, 0.5) is 5.69 Å². The highest BCUT2D eigenvalue weighted by molar-refractivity contribution is 6.04. The molecule has 0 N–H and O–H groups in total. The van der Waals surface area contributed by atoms with Crippen molar-refractivity contribution in [2.45, 2.75) is 44.6 Å². The highest BCUT2D eigenvalue weighted by atomic mass is 16.5. The van der Waals surface area contributed by atoms with Crippen molar-refractivity contribution >= 4 is 22.7 Å². The number of benzene rings is 4. The Morgan fingerprint density at radius 2 is 1.69 bits per heavy atom. The molecular weight excluding hydrogens is 438 g/mol. The molecule has 0 amide bonds. The molecule has 36 heavy (non-hydrogen) atoms. The summed E-state index contributed by atoms with van der Waals surface area (Å²) in [4.78, 5) is 5.01.